The minimum atomic E-state index is -3.71. The topological polar surface area (TPSA) is 157 Å². The molecule has 0 radical (unpaired) electrons. The Balaban J connectivity index is 1.64. The predicted octanol–water partition coefficient (Wildman–Crippen LogP) is 0.764. The summed E-state index contributed by atoms with van der Waals surface area (Å²) in [6, 6.07) is 4.78. The second kappa shape index (κ2) is 14.0. The third-order valence-electron chi connectivity index (χ3n) is 6.58. The van der Waals surface area contributed by atoms with Gasteiger partial charge in [-0.05, 0) is 50.8 Å². The summed E-state index contributed by atoms with van der Waals surface area (Å²) < 4.78 is 40.9. The number of rotatable bonds is 11. The molecule has 2 heterocycles. The molecule has 3 rings (SSSR count). The molecule has 2 aromatic rings. The molecule has 2 atom stereocenters. The number of anilines is 1. The smallest absolute Gasteiger partial charge is 0.262 e. The van der Waals surface area contributed by atoms with Gasteiger partial charge in [-0.3, -0.25) is 19.2 Å². The zero-order chi connectivity index (χ0) is 30.3. The van der Waals surface area contributed by atoms with Gasteiger partial charge in [0.2, 0.25) is 27.7 Å². The first-order valence-corrected chi connectivity index (χ1v) is 15.3. The molecule has 4 N–H and O–H groups in total. The molecule has 1 aliphatic rings. The maximum atomic E-state index is 15.0. The molecule has 0 aliphatic carbocycles. The summed E-state index contributed by atoms with van der Waals surface area (Å²) in [5.41, 5.74) is 0.327. The van der Waals surface area contributed by atoms with Gasteiger partial charge >= 0.3 is 0 Å². The fraction of sp³-hybridized carbons (Fsp3) is 0.462. The number of hydrogen-bond acceptors (Lipinski definition) is 8. The number of nitrogens with zero attached hydrogens (tertiary/aromatic N) is 2. The molecule has 1 aromatic carbocycles. The Hall–Kier alpha value is -3.40. The van der Waals surface area contributed by atoms with Crippen molar-refractivity contribution in [3.05, 3.63) is 46.6 Å². The van der Waals surface area contributed by atoms with Crippen LogP contribution in [0.25, 0.3) is 0 Å². The molecule has 0 spiro atoms. The third kappa shape index (κ3) is 8.55. The number of carbonyl (C=O) groups excluding carboxylic acids is 4. The Labute approximate surface area is 242 Å². The Morgan fingerprint density at radius 1 is 1.05 bits per heavy atom. The van der Waals surface area contributed by atoms with Crippen molar-refractivity contribution in [2.24, 2.45) is 0 Å². The normalized spacial score (nSPS) is 15.6. The van der Waals surface area contributed by atoms with Gasteiger partial charge in [0.25, 0.3) is 5.91 Å². The quantitative estimate of drug-likeness (QED) is 0.293. The molecule has 15 heteroatoms. The third-order valence-corrected chi connectivity index (χ3v) is 9.57. The number of piperazine rings is 1. The maximum absolute atomic E-state index is 15.0. The highest BCUT2D eigenvalue weighted by Gasteiger charge is 2.28. The molecule has 4 amide bonds. The molecule has 12 nitrogen and oxygen atoms in total. The number of nitrogens with one attached hydrogen (secondary N) is 4. The van der Waals surface area contributed by atoms with E-state index in [2.05, 4.69) is 25.6 Å². The fourth-order valence-electron chi connectivity index (χ4n) is 4.03. The van der Waals surface area contributed by atoms with Crippen LogP contribution in [0.1, 0.15) is 35.5 Å². The second-order valence-electron chi connectivity index (χ2n) is 9.63. The number of carbonyl (C=O) groups is 4. The van der Waals surface area contributed by atoms with Crippen molar-refractivity contribution in [1.29, 1.82) is 0 Å². The van der Waals surface area contributed by atoms with E-state index in [1.807, 2.05) is 7.05 Å². The van der Waals surface area contributed by atoms with Crippen LogP contribution >= 0.6 is 11.3 Å². The van der Waals surface area contributed by atoms with Crippen LogP contribution in [0.15, 0.2) is 34.5 Å². The largest absolute Gasteiger partial charge is 0.344 e. The summed E-state index contributed by atoms with van der Waals surface area (Å²) in [6.45, 7) is 5.58. The number of likely N-dealkylation sites (N-methyl/N-ethyl adjacent to an activating group) is 1. The summed E-state index contributed by atoms with van der Waals surface area (Å²) in [6.07, 6.45) is 0.268. The van der Waals surface area contributed by atoms with Gasteiger partial charge < -0.3 is 25.8 Å². The fourth-order valence-corrected chi connectivity index (χ4v) is 6.07. The lowest BCUT2D eigenvalue weighted by Gasteiger charge is -2.34. The first-order chi connectivity index (χ1) is 19.3. The molecule has 1 aromatic heterocycles. The van der Waals surface area contributed by atoms with Crippen LogP contribution in [0.5, 0.6) is 0 Å². The second-order valence-corrected chi connectivity index (χ2v) is 12.8. The van der Waals surface area contributed by atoms with Crippen LogP contribution in [0.4, 0.5) is 10.1 Å². The predicted molar refractivity (Wildman–Crippen MR) is 153 cm³/mol. The summed E-state index contributed by atoms with van der Waals surface area (Å²) in [5.74, 6) is -2.62. The van der Waals surface area contributed by atoms with E-state index in [4.69, 9.17) is 0 Å². The van der Waals surface area contributed by atoms with Crippen LogP contribution < -0.4 is 20.7 Å². The lowest BCUT2D eigenvalue weighted by atomic mass is 10.0. The summed E-state index contributed by atoms with van der Waals surface area (Å²) in [5, 5.41) is 7.62. The zero-order valence-electron chi connectivity index (χ0n) is 23.3. The Bertz CT molecular complexity index is 1390. The highest BCUT2D eigenvalue weighted by atomic mass is 32.2. The number of hydrogen-bond donors (Lipinski definition) is 4. The van der Waals surface area contributed by atoms with E-state index in [1.165, 1.54) is 38.2 Å². The van der Waals surface area contributed by atoms with Gasteiger partial charge in [0.05, 0.1) is 10.6 Å². The average Bonchev–Trinajstić information content (AvgIpc) is 3.45. The van der Waals surface area contributed by atoms with E-state index < -0.39 is 39.7 Å². The van der Waals surface area contributed by atoms with E-state index >= 15 is 0 Å². The van der Waals surface area contributed by atoms with Crippen molar-refractivity contribution < 1.29 is 32.0 Å². The number of thiophene rings is 1. The highest BCUT2D eigenvalue weighted by Crippen LogP contribution is 2.22. The lowest BCUT2D eigenvalue weighted by Crippen LogP contribution is -2.54. The van der Waals surface area contributed by atoms with E-state index in [-0.39, 0.29) is 39.4 Å². The molecule has 0 saturated carbocycles. The van der Waals surface area contributed by atoms with Gasteiger partial charge in [0, 0.05) is 39.0 Å². The van der Waals surface area contributed by atoms with Gasteiger partial charge in [-0.1, -0.05) is 13.0 Å². The molecule has 0 unspecified atom stereocenters. The van der Waals surface area contributed by atoms with Crippen LogP contribution in [0.2, 0.25) is 0 Å². The van der Waals surface area contributed by atoms with Gasteiger partial charge in [-0.15, -0.1) is 11.3 Å². The SMILES string of the molecule is CCC(=O)N[C@H](Cc1ccc(NC(=O)[C@H](C)NC(=O)c2ccc(S(=O)(=O)NC)s2)c(F)c1)C(=O)N1CCN(C)CC1. The minimum Gasteiger partial charge on any atom is -0.344 e. The molecule has 41 heavy (non-hydrogen) atoms. The molecular formula is C26H35FN6O6S2. The summed E-state index contributed by atoms with van der Waals surface area (Å²) >= 11 is 0.745. The van der Waals surface area contributed by atoms with Crippen LogP contribution in [-0.2, 0) is 30.8 Å². The van der Waals surface area contributed by atoms with Gasteiger partial charge in [-0.2, -0.15) is 0 Å². The first kappa shape index (κ1) is 32.1. The molecule has 1 fully saturated rings. The van der Waals surface area contributed by atoms with Crippen molar-refractivity contribution in [3.63, 3.8) is 0 Å². The molecular weight excluding hydrogens is 575 g/mol. The number of halogens is 1. The standard InChI is InChI=1S/C26H35FN6O6S2/c1-5-22(34)30-20(26(37)33-12-10-32(4)11-13-33)15-17-6-7-19(18(27)14-17)31-24(35)16(2)29-25(36)21-8-9-23(40-21)41(38,39)28-3/h6-9,14,16,20,28H,5,10-13,15H2,1-4H3,(H,29,36)(H,30,34)(H,31,35)/t16-,20+/m0/s1. The summed E-state index contributed by atoms with van der Waals surface area (Å²) in [4.78, 5) is 54.3. The summed E-state index contributed by atoms with van der Waals surface area (Å²) in [7, 11) is -0.488. The van der Waals surface area contributed by atoms with Gasteiger partial charge in [-0.25, -0.2) is 17.5 Å². The van der Waals surface area contributed by atoms with Gasteiger partial charge in [0.15, 0.2) is 0 Å². The maximum Gasteiger partial charge on any atom is 0.262 e. The average molecular weight is 611 g/mol. The molecule has 224 valence electrons. The first-order valence-electron chi connectivity index (χ1n) is 13.0. The van der Waals surface area contributed by atoms with Crippen LogP contribution in [0, 0.1) is 5.82 Å². The Kier molecular flexibility index (Phi) is 11.0. The van der Waals surface area contributed by atoms with E-state index in [0.717, 1.165) is 11.3 Å². The highest BCUT2D eigenvalue weighted by molar-refractivity contribution is 7.91. The monoisotopic (exact) mass is 610 g/mol. The van der Waals surface area contributed by atoms with Crippen LogP contribution in [-0.4, -0.2) is 94.2 Å². The van der Waals surface area contributed by atoms with Crippen molar-refractivity contribution in [3.8, 4) is 0 Å². The Morgan fingerprint density at radius 2 is 1.73 bits per heavy atom. The minimum absolute atomic E-state index is 0.0499. The van der Waals surface area contributed by atoms with Crippen molar-refractivity contribution in [2.75, 3.05) is 45.6 Å². The van der Waals surface area contributed by atoms with E-state index in [1.54, 1.807) is 17.9 Å². The molecule has 1 aliphatic heterocycles. The number of sulfonamides is 1. The van der Waals surface area contributed by atoms with Gasteiger partial charge in [0.1, 0.15) is 22.1 Å². The lowest BCUT2D eigenvalue weighted by molar-refractivity contribution is -0.137. The zero-order valence-corrected chi connectivity index (χ0v) is 25.0. The molecule has 0 bridgehead atoms. The Morgan fingerprint density at radius 3 is 2.34 bits per heavy atom. The van der Waals surface area contributed by atoms with Crippen molar-refractivity contribution in [1.82, 2.24) is 25.2 Å². The molecule has 1 saturated heterocycles. The van der Waals surface area contributed by atoms with Crippen LogP contribution in [0.3, 0.4) is 0 Å². The van der Waals surface area contributed by atoms with Crippen molar-refractivity contribution in [2.45, 2.75) is 43.0 Å². The van der Waals surface area contributed by atoms with Crippen molar-refractivity contribution >= 4 is 50.7 Å². The van der Waals surface area contributed by atoms with E-state index in [9.17, 15) is 32.0 Å². The number of benzene rings is 1. The van der Waals surface area contributed by atoms with E-state index in [0.29, 0.717) is 31.7 Å². The number of amides is 4.